The van der Waals surface area contributed by atoms with Gasteiger partial charge in [-0.05, 0) is 32.5 Å². The molecular weight excluding hydrogens is 303 g/mol. The second-order valence-electron chi connectivity index (χ2n) is 4.47. The van der Waals surface area contributed by atoms with Gasteiger partial charge in [-0.15, -0.1) is 0 Å². The lowest BCUT2D eigenvalue weighted by atomic mass is 10.1. The Kier molecular flexibility index (Phi) is 5.41. The minimum Gasteiger partial charge on any atom is -0.383 e. The van der Waals surface area contributed by atoms with Gasteiger partial charge in [-0.3, -0.25) is 9.13 Å². The Hall–Kier alpha value is -0.400. The van der Waals surface area contributed by atoms with Crippen LogP contribution >= 0.6 is 24.4 Å². The summed E-state index contributed by atoms with van der Waals surface area (Å²) in [4.78, 5) is 15.5. The molecule has 0 bridgehead atoms. The van der Waals surface area contributed by atoms with E-state index < -0.39 is 0 Å². The number of rotatable bonds is 5. The zero-order valence-corrected chi connectivity index (χ0v) is 13.3. The van der Waals surface area contributed by atoms with E-state index >= 15 is 0 Å². The number of hydrogen-bond acceptors (Lipinski definition) is 5. The molecule has 2 N–H and O–H groups in total. The SMILES string of the molecule is CC1C[C@H](n2ccc(N)nc2=O)O[C@@H]1CPPP=O. The second-order valence-corrected chi connectivity index (χ2v) is 9.93. The van der Waals surface area contributed by atoms with Gasteiger partial charge in [-0.2, -0.15) is 4.98 Å². The summed E-state index contributed by atoms with van der Waals surface area (Å²) >= 11 is 0. The molecule has 5 atom stereocenters. The van der Waals surface area contributed by atoms with Gasteiger partial charge in [0, 0.05) is 6.20 Å². The standard InChI is InChI=1S/C10H16N3O3P3/c1-6-4-9(16-7(6)5-17-19-18-15)13-3-2-8(11)12-10(13)14/h2-3,6-7,9,17,19H,4-5H2,1H3,(H2,11,12,14)/t6?,7-,9-/m1/s1. The summed E-state index contributed by atoms with van der Waals surface area (Å²) in [6.45, 7) is 2.11. The number of nitrogen functional groups attached to an aromatic ring is 1. The normalized spacial score (nSPS) is 28.2. The topological polar surface area (TPSA) is 87.2 Å². The summed E-state index contributed by atoms with van der Waals surface area (Å²) in [5.41, 5.74) is 5.09. The van der Waals surface area contributed by atoms with E-state index in [1.165, 1.54) is 4.57 Å². The molecule has 1 aromatic rings. The van der Waals surface area contributed by atoms with Gasteiger partial charge in [0.1, 0.15) is 12.0 Å². The first-order chi connectivity index (χ1) is 9.11. The first-order valence-electron chi connectivity index (χ1n) is 5.92. The summed E-state index contributed by atoms with van der Waals surface area (Å²) in [6.07, 6.45) is 3.19. The Morgan fingerprint density at radius 2 is 2.47 bits per heavy atom. The number of anilines is 1. The van der Waals surface area contributed by atoms with Gasteiger partial charge in [0.2, 0.25) is 0 Å². The molecule has 0 spiro atoms. The van der Waals surface area contributed by atoms with Gasteiger partial charge < -0.3 is 10.5 Å². The largest absolute Gasteiger partial charge is 0.383 e. The molecule has 1 fully saturated rings. The van der Waals surface area contributed by atoms with Crippen molar-refractivity contribution in [2.45, 2.75) is 25.7 Å². The van der Waals surface area contributed by atoms with Crippen LogP contribution in [0.3, 0.4) is 0 Å². The van der Waals surface area contributed by atoms with Crippen LogP contribution < -0.4 is 11.4 Å². The van der Waals surface area contributed by atoms with E-state index in [9.17, 15) is 9.36 Å². The fraction of sp³-hybridized carbons (Fsp3) is 0.600. The Balaban J connectivity index is 2.03. The molecule has 1 aromatic heterocycles. The van der Waals surface area contributed by atoms with E-state index in [2.05, 4.69) is 11.9 Å². The highest BCUT2D eigenvalue weighted by molar-refractivity contribution is 8.40. The van der Waals surface area contributed by atoms with Crippen molar-refractivity contribution >= 4 is 30.2 Å². The Labute approximate surface area is 116 Å². The highest BCUT2D eigenvalue weighted by atomic mass is 32.4. The predicted molar refractivity (Wildman–Crippen MR) is 79.7 cm³/mol. The van der Waals surface area contributed by atoms with Crippen LogP contribution in [0, 0.1) is 5.92 Å². The monoisotopic (exact) mass is 319 g/mol. The van der Waals surface area contributed by atoms with E-state index in [1.54, 1.807) is 12.3 Å². The van der Waals surface area contributed by atoms with Crippen molar-refractivity contribution < 1.29 is 9.30 Å². The van der Waals surface area contributed by atoms with E-state index in [-0.39, 0.29) is 32.0 Å². The van der Waals surface area contributed by atoms with Crippen molar-refractivity contribution in [1.29, 1.82) is 0 Å². The molecule has 9 heteroatoms. The van der Waals surface area contributed by atoms with Crippen LogP contribution in [-0.2, 0) is 9.30 Å². The van der Waals surface area contributed by atoms with Gasteiger partial charge in [0.25, 0.3) is 0 Å². The predicted octanol–water partition coefficient (Wildman–Crippen LogP) is 2.23. The molecule has 2 heterocycles. The zero-order chi connectivity index (χ0) is 13.8. The Morgan fingerprint density at radius 1 is 1.68 bits per heavy atom. The molecule has 1 saturated heterocycles. The maximum absolute atomic E-state index is 11.8. The minimum atomic E-state index is -0.375. The zero-order valence-electron chi connectivity index (χ0n) is 10.4. The first kappa shape index (κ1) is 15.0. The van der Waals surface area contributed by atoms with Crippen LogP contribution in [-0.4, -0.2) is 21.8 Å². The summed E-state index contributed by atoms with van der Waals surface area (Å²) in [5, 5.41) is 0. The van der Waals surface area contributed by atoms with Gasteiger partial charge in [0.05, 0.1) is 6.10 Å². The fourth-order valence-corrected chi connectivity index (χ4v) is 5.44. The highest BCUT2D eigenvalue weighted by Gasteiger charge is 2.33. The van der Waals surface area contributed by atoms with Crippen molar-refractivity contribution in [3.8, 4) is 0 Å². The summed E-state index contributed by atoms with van der Waals surface area (Å²) in [6, 6.07) is 1.60. The van der Waals surface area contributed by atoms with Crippen molar-refractivity contribution in [3.63, 3.8) is 0 Å². The molecular formula is C10H16N3O3P3. The molecule has 3 unspecified atom stereocenters. The maximum atomic E-state index is 11.8. The van der Waals surface area contributed by atoms with Gasteiger partial charge in [0.15, 0.2) is 8.15 Å². The van der Waals surface area contributed by atoms with Crippen molar-refractivity contribution in [2.75, 3.05) is 11.9 Å². The second kappa shape index (κ2) is 6.85. The molecule has 1 aliphatic rings. The van der Waals surface area contributed by atoms with Crippen molar-refractivity contribution in [2.24, 2.45) is 5.92 Å². The number of hydrogen-bond donors (Lipinski definition) is 1. The quantitative estimate of drug-likeness (QED) is 0.664. The third kappa shape index (κ3) is 3.79. The van der Waals surface area contributed by atoms with Crippen LogP contribution in [0.5, 0.6) is 0 Å². The number of ether oxygens (including phenoxy) is 1. The number of nitrogens with zero attached hydrogens (tertiary/aromatic N) is 2. The van der Waals surface area contributed by atoms with Crippen molar-refractivity contribution in [1.82, 2.24) is 9.55 Å². The number of nitrogens with two attached hydrogens (primary N) is 1. The molecule has 0 aromatic carbocycles. The van der Waals surface area contributed by atoms with Crippen LogP contribution in [0.15, 0.2) is 17.1 Å². The smallest absolute Gasteiger partial charge is 0.351 e. The average Bonchev–Trinajstić information content (AvgIpc) is 2.71. The van der Waals surface area contributed by atoms with Crippen LogP contribution in [0.4, 0.5) is 5.82 Å². The molecule has 19 heavy (non-hydrogen) atoms. The summed E-state index contributed by atoms with van der Waals surface area (Å²) in [7, 11) is 1.32. The van der Waals surface area contributed by atoms with Gasteiger partial charge >= 0.3 is 5.69 Å². The lowest BCUT2D eigenvalue weighted by molar-refractivity contribution is 0.00531. The number of aromatic nitrogens is 2. The Bertz CT molecular complexity index is 510. The average molecular weight is 319 g/mol. The Morgan fingerprint density at radius 3 is 3.16 bits per heavy atom. The lowest BCUT2D eigenvalue weighted by Crippen LogP contribution is -2.27. The molecule has 6 nitrogen and oxygen atoms in total. The molecule has 104 valence electrons. The van der Waals surface area contributed by atoms with Gasteiger partial charge in [-0.1, -0.05) is 15.2 Å². The molecule has 0 aliphatic carbocycles. The fourth-order valence-electron chi connectivity index (χ4n) is 2.11. The molecule has 0 radical (unpaired) electrons. The minimum absolute atomic E-state index is 0.127. The highest BCUT2D eigenvalue weighted by Crippen LogP contribution is 2.49. The molecule has 0 amide bonds. The third-order valence-corrected chi connectivity index (χ3v) is 7.59. The van der Waals surface area contributed by atoms with Crippen LogP contribution in [0.25, 0.3) is 0 Å². The van der Waals surface area contributed by atoms with Gasteiger partial charge in [-0.25, -0.2) is 4.79 Å². The van der Waals surface area contributed by atoms with E-state index in [0.29, 0.717) is 22.1 Å². The summed E-state index contributed by atoms with van der Waals surface area (Å²) in [5.74, 6) is 0.607. The van der Waals surface area contributed by atoms with Crippen LogP contribution in [0.2, 0.25) is 0 Å². The van der Waals surface area contributed by atoms with Crippen molar-refractivity contribution in [3.05, 3.63) is 22.7 Å². The maximum Gasteiger partial charge on any atom is 0.351 e. The third-order valence-electron chi connectivity index (χ3n) is 3.13. The lowest BCUT2D eigenvalue weighted by Gasteiger charge is -2.15. The first-order valence-corrected chi connectivity index (χ1v) is 10.8. The van der Waals surface area contributed by atoms with E-state index in [0.717, 1.165) is 12.6 Å². The summed E-state index contributed by atoms with van der Waals surface area (Å²) < 4.78 is 17.8. The van der Waals surface area contributed by atoms with E-state index in [4.69, 9.17) is 10.5 Å². The van der Waals surface area contributed by atoms with E-state index in [1.807, 2.05) is 0 Å². The molecule has 1 aliphatic heterocycles. The van der Waals surface area contributed by atoms with Crippen LogP contribution in [0.1, 0.15) is 19.6 Å². The molecule has 0 saturated carbocycles. The molecule has 2 rings (SSSR count).